The van der Waals surface area contributed by atoms with Gasteiger partial charge in [0.25, 0.3) is 0 Å². The van der Waals surface area contributed by atoms with E-state index in [0.29, 0.717) is 0 Å². The van der Waals surface area contributed by atoms with E-state index in [-0.39, 0.29) is 12.3 Å². The van der Waals surface area contributed by atoms with Crippen LogP contribution in [0.4, 0.5) is 5.69 Å². The highest BCUT2D eigenvalue weighted by Gasteiger charge is 2.13. The molecule has 1 saturated heterocycles. The van der Waals surface area contributed by atoms with Gasteiger partial charge < -0.3 is 10.1 Å². The SMILES string of the molecule is Cc1ccc(NC(=O)Cc2csc(-c3ccc(CN4CCOCC4)cc3)n2)c(Br)c1. The fraction of sp³-hybridized carbons (Fsp3) is 0.304. The van der Waals surface area contributed by atoms with Crippen LogP contribution in [0.15, 0.2) is 52.3 Å². The molecule has 5 nitrogen and oxygen atoms in total. The van der Waals surface area contributed by atoms with E-state index in [1.54, 1.807) is 11.3 Å². The Bertz CT molecular complexity index is 1010. The van der Waals surface area contributed by atoms with Gasteiger partial charge in [0.05, 0.1) is 31.0 Å². The predicted molar refractivity (Wildman–Crippen MR) is 125 cm³/mol. The zero-order valence-electron chi connectivity index (χ0n) is 16.9. The van der Waals surface area contributed by atoms with Gasteiger partial charge in [0.15, 0.2) is 0 Å². The van der Waals surface area contributed by atoms with E-state index >= 15 is 0 Å². The number of aryl methyl sites for hydroxylation is 1. The fourth-order valence-corrected chi connectivity index (χ4v) is 4.79. The van der Waals surface area contributed by atoms with Crippen LogP contribution in [0, 0.1) is 6.92 Å². The van der Waals surface area contributed by atoms with Gasteiger partial charge in [-0.1, -0.05) is 30.3 Å². The molecule has 1 N–H and O–H groups in total. The predicted octanol–water partition coefficient (Wildman–Crippen LogP) is 4.89. The van der Waals surface area contributed by atoms with Crippen LogP contribution in [0.1, 0.15) is 16.8 Å². The minimum Gasteiger partial charge on any atom is -0.379 e. The summed E-state index contributed by atoms with van der Waals surface area (Å²) in [7, 11) is 0. The second kappa shape index (κ2) is 9.83. The summed E-state index contributed by atoms with van der Waals surface area (Å²) in [4.78, 5) is 19.5. The van der Waals surface area contributed by atoms with Crippen LogP contribution < -0.4 is 5.32 Å². The van der Waals surface area contributed by atoms with Crippen molar-refractivity contribution in [3.05, 3.63) is 69.1 Å². The molecule has 3 aromatic rings. The molecular weight excluding hydrogens is 462 g/mol. The molecule has 0 bridgehead atoms. The summed E-state index contributed by atoms with van der Waals surface area (Å²) < 4.78 is 6.29. The van der Waals surface area contributed by atoms with Crippen LogP contribution in [0.25, 0.3) is 10.6 Å². The smallest absolute Gasteiger partial charge is 0.230 e. The molecule has 0 spiro atoms. The van der Waals surface area contributed by atoms with Gasteiger partial charge >= 0.3 is 0 Å². The number of nitrogens with one attached hydrogen (secondary N) is 1. The van der Waals surface area contributed by atoms with Crippen molar-refractivity contribution in [3.63, 3.8) is 0 Å². The largest absolute Gasteiger partial charge is 0.379 e. The third kappa shape index (κ3) is 5.55. The molecule has 1 amide bonds. The number of carbonyl (C=O) groups excluding carboxylic acids is 1. The molecule has 0 aliphatic carbocycles. The number of thiazole rings is 1. The molecule has 156 valence electrons. The third-order valence-electron chi connectivity index (χ3n) is 5.00. The summed E-state index contributed by atoms with van der Waals surface area (Å²) in [6.45, 7) is 6.56. The van der Waals surface area contributed by atoms with Crippen molar-refractivity contribution < 1.29 is 9.53 Å². The van der Waals surface area contributed by atoms with Crippen molar-refractivity contribution in [2.24, 2.45) is 0 Å². The summed E-state index contributed by atoms with van der Waals surface area (Å²) in [6.07, 6.45) is 0.256. The summed E-state index contributed by atoms with van der Waals surface area (Å²) in [5.74, 6) is -0.0720. The molecule has 4 rings (SSSR count). The van der Waals surface area contributed by atoms with E-state index in [0.717, 1.165) is 64.8 Å². The molecule has 0 atom stereocenters. The molecule has 1 fully saturated rings. The first-order valence-corrected chi connectivity index (χ1v) is 11.6. The number of hydrogen-bond donors (Lipinski definition) is 1. The van der Waals surface area contributed by atoms with Gasteiger partial charge in [-0.3, -0.25) is 9.69 Å². The Kier molecular flexibility index (Phi) is 6.94. The summed E-state index contributed by atoms with van der Waals surface area (Å²) in [6, 6.07) is 14.4. The number of ether oxygens (including phenoxy) is 1. The fourth-order valence-electron chi connectivity index (χ4n) is 3.37. The van der Waals surface area contributed by atoms with E-state index in [9.17, 15) is 4.79 Å². The van der Waals surface area contributed by atoms with Gasteiger partial charge in [0.2, 0.25) is 5.91 Å². The number of anilines is 1. The van der Waals surface area contributed by atoms with Gasteiger partial charge in [-0.05, 0) is 46.1 Å². The molecule has 0 saturated carbocycles. The van der Waals surface area contributed by atoms with Gasteiger partial charge in [0, 0.05) is 35.1 Å². The quantitative estimate of drug-likeness (QED) is 0.539. The highest BCUT2D eigenvalue weighted by molar-refractivity contribution is 9.10. The zero-order chi connectivity index (χ0) is 20.9. The number of hydrogen-bond acceptors (Lipinski definition) is 5. The second-order valence-electron chi connectivity index (χ2n) is 7.44. The maximum Gasteiger partial charge on any atom is 0.230 e. The second-order valence-corrected chi connectivity index (χ2v) is 9.15. The average Bonchev–Trinajstić information content (AvgIpc) is 3.20. The van der Waals surface area contributed by atoms with Crippen molar-refractivity contribution >= 4 is 38.9 Å². The molecule has 1 aliphatic heterocycles. The zero-order valence-corrected chi connectivity index (χ0v) is 19.3. The van der Waals surface area contributed by atoms with E-state index in [2.05, 4.69) is 55.4 Å². The topological polar surface area (TPSA) is 54.5 Å². The van der Waals surface area contributed by atoms with Crippen LogP contribution >= 0.6 is 27.3 Å². The molecule has 7 heteroatoms. The maximum absolute atomic E-state index is 12.4. The number of carbonyl (C=O) groups is 1. The molecule has 0 unspecified atom stereocenters. The molecule has 2 heterocycles. The van der Waals surface area contributed by atoms with Gasteiger partial charge in [-0.2, -0.15) is 0 Å². The number of benzene rings is 2. The maximum atomic E-state index is 12.4. The van der Waals surface area contributed by atoms with E-state index in [4.69, 9.17) is 4.74 Å². The number of nitrogens with zero attached hydrogens (tertiary/aromatic N) is 2. The Morgan fingerprint density at radius 2 is 1.97 bits per heavy atom. The molecule has 30 heavy (non-hydrogen) atoms. The third-order valence-corrected chi connectivity index (χ3v) is 6.60. The first kappa shape index (κ1) is 21.2. The highest BCUT2D eigenvalue weighted by atomic mass is 79.9. The van der Waals surface area contributed by atoms with Gasteiger partial charge in [-0.15, -0.1) is 11.3 Å². The minimum absolute atomic E-state index is 0.0720. The van der Waals surface area contributed by atoms with Crippen LogP contribution in [-0.2, 0) is 22.5 Å². The van der Waals surface area contributed by atoms with Crippen molar-refractivity contribution in [2.75, 3.05) is 31.6 Å². The number of halogens is 1. The first-order chi connectivity index (χ1) is 14.6. The lowest BCUT2D eigenvalue weighted by molar-refractivity contribution is -0.115. The lowest BCUT2D eigenvalue weighted by Gasteiger charge is -2.26. The highest BCUT2D eigenvalue weighted by Crippen LogP contribution is 2.26. The summed E-state index contributed by atoms with van der Waals surface area (Å²) in [5, 5.41) is 5.84. The van der Waals surface area contributed by atoms with Crippen LogP contribution in [0.5, 0.6) is 0 Å². The van der Waals surface area contributed by atoms with Crippen molar-refractivity contribution in [1.29, 1.82) is 0 Å². The Morgan fingerprint density at radius 1 is 1.20 bits per heavy atom. The van der Waals surface area contributed by atoms with E-state index < -0.39 is 0 Å². The van der Waals surface area contributed by atoms with Crippen LogP contribution in [0.3, 0.4) is 0 Å². The monoisotopic (exact) mass is 485 g/mol. The lowest BCUT2D eigenvalue weighted by Crippen LogP contribution is -2.35. The van der Waals surface area contributed by atoms with Crippen molar-refractivity contribution in [1.82, 2.24) is 9.88 Å². The Hall–Kier alpha value is -2.06. The number of aromatic nitrogens is 1. The normalized spacial score (nSPS) is 14.6. The molecule has 0 radical (unpaired) electrons. The van der Waals surface area contributed by atoms with Gasteiger partial charge in [-0.25, -0.2) is 4.98 Å². The van der Waals surface area contributed by atoms with Crippen molar-refractivity contribution in [3.8, 4) is 10.6 Å². The van der Waals surface area contributed by atoms with Crippen LogP contribution in [0.2, 0.25) is 0 Å². The molecule has 1 aromatic heterocycles. The van der Waals surface area contributed by atoms with E-state index in [1.807, 2.05) is 30.5 Å². The van der Waals surface area contributed by atoms with Gasteiger partial charge in [0.1, 0.15) is 5.01 Å². The number of amides is 1. The van der Waals surface area contributed by atoms with E-state index in [1.165, 1.54) is 5.56 Å². The lowest BCUT2D eigenvalue weighted by atomic mass is 10.1. The molecule has 2 aromatic carbocycles. The first-order valence-electron chi connectivity index (χ1n) is 9.96. The Balaban J connectivity index is 1.35. The summed E-state index contributed by atoms with van der Waals surface area (Å²) in [5.41, 5.74) is 5.07. The molecule has 1 aliphatic rings. The molecular formula is C23H24BrN3O2S. The Morgan fingerprint density at radius 3 is 2.70 bits per heavy atom. The average molecular weight is 486 g/mol. The van der Waals surface area contributed by atoms with Crippen LogP contribution in [-0.4, -0.2) is 42.1 Å². The summed E-state index contributed by atoms with van der Waals surface area (Å²) >= 11 is 5.07. The number of morpholine rings is 1. The van der Waals surface area contributed by atoms with Crippen molar-refractivity contribution in [2.45, 2.75) is 19.9 Å². The minimum atomic E-state index is -0.0720. The Labute approximate surface area is 189 Å². The number of rotatable bonds is 6. The standard InChI is InChI=1S/C23H24BrN3O2S/c1-16-2-7-21(20(24)12-16)26-22(28)13-19-15-30-23(25-19)18-5-3-17(4-6-18)14-27-8-10-29-11-9-27/h2-7,12,15H,8-11,13-14H2,1H3,(H,26,28).